The molecular weight excluding hydrogens is 438 g/mol. The lowest BCUT2D eigenvalue weighted by Gasteiger charge is -2.64. The molecule has 0 aromatic rings. The second-order valence-corrected chi connectivity index (χ2v) is 12.2. The number of aliphatic hydroxyl groups is 3. The topological polar surface area (TPSA) is 150 Å². The predicted octanol–water partition coefficient (Wildman–Crippen LogP) is 1.93. The van der Waals surface area contributed by atoms with Gasteiger partial charge in [0.1, 0.15) is 6.10 Å². The van der Waals surface area contributed by atoms with Crippen molar-refractivity contribution in [3.63, 3.8) is 0 Å². The summed E-state index contributed by atoms with van der Waals surface area (Å²) in [5.74, 6) is -0.873. The molecule has 0 aromatic heterocycles. The molecule has 4 saturated carbocycles. The highest BCUT2D eigenvalue weighted by Crippen LogP contribution is 2.68. The molecule has 4 aliphatic carbocycles. The lowest BCUT2D eigenvalue weighted by Crippen LogP contribution is -2.66. The van der Waals surface area contributed by atoms with Crippen LogP contribution in [-0.2, 0) is 14.3 Å². The van der Waals surface area contributed by atoms with Gasteiger partial charge in [0.05, 0.1) is 24.9 Å². The fourth-order valence-corrected chi connectivity index (χ4v) is 9.11. The van der Waals surface area contributed by atoms with Crippen molar-refractivity contribution in [3.05, 3.63) is 0 Å². The molecule has 8 heteroatoms. The second-order valence-electron chi connectivity index (χ2n) is 12.2. The van der Waals surface area contributed by atoms with Crippen LogP contribution in [0.2, 0.25) is 0 Å². The molecule has 12 atom stereocenters. The highest BCUT2D eigenvalue weighted by atomic mass is 16.5. The van der Waals surface area contributed by atoms with E-state index >= 15 is 0 Å². The molecule has 4 aliphatic rings. The van der Waals surface area contributed by atoms with Crippen LogP contribution in [0, 0.1) is 46.3 Å². The van der Waals surface area contributed by atoms with E-state index in [1.54, 1.807) is 0 Å². The van der Waals surface area contributed by atoms with Gasteiger partial charge < -0.3 is 30.9 Å². The number of ether oxygens (including phenoxy) is 1. The number of esters is 1. The third-order valence-electron chi connectivity index (χ3n) is 10.8. The Hall–Kier alpha value is -1.22. The molecule has 4 rings (SSSR count). The summed E-state index contributed by atoms with van der Waals surface area (Å²) in [4.78, 5) is 23.3. The summed E-state index contributed by atoms with van der Waals surface area (Å²) in [6.07, 6.45) is 2.27. The number of carboxylic acids is 1. The average molecular weight is 482 g/mol. The summed E-state index contributed by atoms with van der Waals surface area (Å²) in [6, 6.07) is 0. The Bertz CT molecular complexity index is 791. The Labute approximate surface area is 202 Å². The summed E-state index contributed by atoms with van der Waals surface area (Å²) in [6.45, 7) is 6.15. The molecule has 8 nitrogen and oxygen atoms in total. The first-order valence-corrected chi connectivity index (χ1v) is 13.1. The molecule has 0 saturated heterocycles. The van der Waals surface area contributed by atoms with E-state index < -0.39 is 41.8 Å². The van der Waals surface area contributed by atoms with Crippen molar-refractivity contribution in [3.8, 4) is 0 Å². The van der Waals surface area contributed by atoms with Crippen molar-refractivity contribution in [2.24, 2.45) is 52.1 Å². The Morgan fingerprint density at radius 1 is 1.03 bits per heavy atom. The molecule has 0 heterocycles. The van der Waals surface area contributed by atoms with E-state index in [1.165, 1.54) is 0 Å². The Morgan fingerprint density at radius 3 is 2.38 bits per heavy atom. The minimum atomic E-state index is -0.796. The molecule has 34 heavy (non-hydrogen) atoms. The summed E-state index contributed by atoms with van der Waals surface area (Å²) >= 11 is 0. The van der Waals surface area contributed by atoms with E-state index in [4.69, 9.17) is 15.6 Å². The van der Waals surface area contributed by atoms with Crippen LogP contribution < -0.4 is 5.73 Å². The van der Waals surface area contributed by atoms with E-state index in [-0.39, 0.29) is 53.9 Å². The lowest BCUT2D eigenvalue weighted by molar-refractivity contribution is -0.240. The van der Waals surface area contributed by atoms with Gasteiger partial charge in [-0.3, -0.25) is 9.59 Å². The quantitative estimate of drug-likeness (QED) is 0.361. The van der Waals surface area contributed by atoms with Gasteiger partial charge in [-0.05, 0) is 79.4 Å². The average Bonchev–Trinajstić information content (AvgIpc) is 3.13. The number of fused-ring (bicyclic) bond motifs is 5. The number of aliphatic carboxylic acids is 1. The number of hydrogen-bond acceptors (Lipinski definition) is 7. The van der Waals surface area contributed by atoms with Crippen molar-refractivity contribution < 1.29 is 34.8 Å². The summed E-state index contributed by atoms with van der Waals surface area (Å²) in [5.41, 5.74) is 4.69. The number of aliphatic hydroxyl groups excluding tert-OH is 3. The van der Waals surface area contributed by atoms with Gasteiger partial charge in [-0.2, -0.15) is 0 Å². The Balaban J connectivity index is 1.66. The van der Waals surface area contributed by atoms with Crippen LogP contribution >= 0.6 is 0 Å². The van der Waals surface area contributed by atoms with Crippen molar-refractivity contribution in [1.82, 2.24) is 0 Å². The first-order chi connectivity index (χ1) is 15.9. The maximum atomic E-state index is 12.2. The summed E-state index contributed by atoms with van der Waals surface area (Å²) in [7, 11) is 0. The van der Waals surface area contributed by atoms with E-state index in [0.29, 0.717) is 32.1 Å². The zero-order valence-corrected chi connectivity index (χ0v) is 20.7. The maximum Gasteiger partial charge on any atom is 0.319 e. The zero-order chi connectivity index (χ0) is 25.0. The first-order valence-electron chi connectivity index (χ1n) is 13.1. The van der Waals surface area contributed by atoms with Crippen LogP contribution in [0.3, 0.4) is 0 Å². The van der Waals surface area contributed by atoms with E-state index in [9.17, 15) is 24.9 Å². The minimum Gasteiger partial charge on any atom is -0.481 e. The van der Waals surface area contributed by atoms with E-state index in [0.717, 1.165) is 12.8 Å². The number of hydrogen-bond donors (Lipinski definition) is 5. The fraction of sp³-hybridized carbons (Fsp3) is 0.923. The number of nitrogens with two attached hydrogens (primary N) is 1. The van der Waals surface area contributed by atoms with E-state index in [1.807, 2.05) is 0 Å². The summed E-state index contributed by atoms with van der Waals surface area (Å²) < 4.78 is 5.81. The van der Waals surface area contributed by atoms with Crippen LogP contribution in [-0.4, -0.2) is 63.3 Å². The number of carbonyl (C=O) groups is 2. The van der Waals surface area contributed by atoms with Gasteiger partial charge in [-0.1, -0.05) is 20.8 Å². The third kappa shape index (κ3) is 3.98. The van der Waals surface area contributed by atoms with Crippen LogP contribution in [0.4, 0.5) is 0 Å². The normalized spacial score (nSPS) is 48.9. The zero-order valence-electron chi connectivity index (χ0n) is 20.7. The number of carboxylic acid groups (broad SMARTS) is 1. The Kier molecular flexibility index (Phi) is 7.10. The molecule has 0 bridgehead atoms. The van der Waals surface area contributed by atoms with Gasteiger partial charge in [0.2, 0.25) is 0 Å². The molecule has 0 radical (unpaired) electrons. The standard InChI is InChI=1S/C26H43NO7/c1-13(4-7-22(31)32)16-5-6-17-24-18(11-20(30)26(16,17)3)25(2)14(9-19(24)29)8-15(28)10-21(25)34-23(33)12-27/h13-21,24,28-30H,4-12,27H2,1-3H3,(H,31,32). The minimum absolute atomic E-state index is 0.00804. The second kappa shape index (κ2) is 9.34. The van der Waals surface area contributed by atoms with Gasteiger partial charge in [0, 0.05) is 18.3 Å². The van der Waals surface area contributed by atoms with Gasteiger partial charge in [0.25, 0.3) is 0 Å². The smallest absolute Gasteiger partial charge is 0.319 e. The third-order valence-corrected chi connectivity index (χ3v) is 10.8. The van der Waals surface area contributed by atoms with Crippen LogP contribution in [0.15, 0.2) is 0 Å². The molecule has 12 unspecified atom stereocenters. The number of rotatable bonds is 6. The van der Waals surface area contributed by atoms with Gasteiger partial charge in [-0.15, -0.1) is 0 Å². The van der Waals surface area contributed by atoms with Gasteiger partial charge >= 0.3 is 11.9 Å². The van der Waals surface area contributed by atoms with Crippen molar-refractivity contribution in [2.75, 3.05) is 6.54 Å². The largest absolute Gasteiger partial charge is 0.481 e. The lowest BCUT2D eigenvalue weighted by atomic mass is 9.42. The molecular formula is C26H43NO7. The van der Waals surface area contributed by atoms with Crippen molar-refractivity contribution >= 4 is 11.9 Å². The molecule has 6 N–H and O–H groups in total. The highest BCUT2D eigenvalue weighted by Gasteiger charge is 2.68. The van der Waals surface area contributed by atoms with E-state index in [2.05, 4.69) is 20.8 Å². The van der Waals surface area contributed by atoms with Crippen LogP contribution in [0.25, 0.3) is 0 Å². The number of carbonyl (C=O) groups excluding carboxylic acids is 1. The molecule has 0 aromatic carbocycles. The highest BCUT2D eigenvalue weighted by molar-refractivity contribution is 5.71. The predicted molar refractivity (Wildman–Crippen MR) is 124 cm³/mol. The first kappa shape index (κ1) is 25.9. The van der Waals surface area contributed by atoms with Crippen molar-refractivity contribution in [1.29, 1.82) is 0 Å². The molecule has 0 amide bonds. The van der Waals surface area contributed by atoms with Gasteiger partial charge in [0.15, 0.2) is 0 Å². The van der Waals surface area contributed by atoms with Crippen LogP contribution in [0.5, 0.6) is 0 Å². The van der Waals surface area contributed by atoms with Crippen LogP contribution in [0.1, 0.15) is 72.1 Å². The fourth-order valence-electron chi connectivity index (χ4n) is 9.11. The SMILES string of the molecule is CC(CCC(=O)O)C1CCC2C3C(O)CC4CC(O)CC(OC(=O)CN)C4(C)C3CC(O)C12C. The maximum absolute atomic E-state index is 12.2. The molecule has 0 spiro atoms. The van der Waals surface area contributed by atoms with Gasteiger partial charge in [-0.25, -0.2) is 0 Å². The molecule has 4 fully saturated rings. The summed E-state index contributed by atoms with van der Waals surface area (Å²) in [5, 5.41) is 42.8. The molecule has 0 aliphatic heterocycles. The Morgan fingerprint density at radius 2 is 1.74 bits per heavy atom. The molecule has 194 valence electrons. The van der Waals surface area contributed by atoms with Crippen molar-refractivity contribution in [2.45, 2.75) is 96.6 Å². The monoisotopic (exact) mass is 481 g/mol.